The molecule has 4 N–H and O–H groups in total. The molecule has 2 aromatic carbocycles. The minimum absolute atomic E-state index is 0. The van der Waals surface area contributed by atoms with E-state index in [-0.39, 0.29) is 11.5 Å². The predicted octanol–water partition coefficient (Wildman–Crippen LogP) is 8.62. The molecule has 0 aliphatic carbocycles. The van der Waals surface area contributed by atoms with Crippen molar-refractivity contribution in [2.24, 2.45) is 5.73 Å². The van der Waals surface area contributed by atoms with E-state index >= 15 is 0 Å². The van der Waals surface area contributed by atoms with Gasteiger partial charge in [0.05, 0.1) is 0 Å². The molecular formula is C30H51NO. The summed E-state index contributed by atoms with van der Waals surface area (Å²) in [6.07, 6.45) is 21.5. The highest BCUT2D eigenvalue weighted by molar-refractivity contribution is 5.88. The van der Waals surface area contributed by atoms with Crippen LogP contribution in [0.1, 0.15) is 133 Å². The highest BCUT2D eigenvalue weighted by Crippen LogP contribution is 2.33. The molecule has 0 radical (unpaired) electrons. The van der Waals surface area contributed by atoms with Crippen LogP contribution < -0.4 is 5.73 Å². The second kappa shape index (κ2) is 17.1. The first kappa shape index (κ1) is 28.7. The summed E-state index contributed by atoms with van der Waals surface area (Å²) in [6, 6.07) is 11.4. The minimum Gasteiger partial charge on any atom is -0.412 e. The lowest BCUT2D eigenvalue weighted by Gasteiger charge is -2.22. The minimum atomic E-state index is 0. The van der Waals surface area contributed by atoms with Crippen molar-refractivity contribution >= 4 is 10.8 Å². The van der Waals surface area contributed by atoms with Gasteiger partial charge in [0.2, 0.25) is 0 Å². The van der Waals surface area contributed by atoms with E-state index in [0.29, 0.717) is 0 Å². The van der Waals surface area contributed by atoms with Crippen LogP contribution in [0.15, 0.2) is 30.3 Å². The predicted molar refractivity (Wildman–Crippen MR) is 144 cm³/mol. The molecule has 182 valence electrons. The fourth-order valence-electron chi connectivity index (χ4n) is 5.16. The number of fused-ring (bicyclic) bond motifs is 1. The number of benzene rings is 2. The Kier molecular flexibility index (Phi) is 15.3. The van der Waals surface area contributed by atoms with Gasteiger partial charge < -0.3 is 11.2 Å². The molecule has 0 aliphatic heterocycles. The summed E-state index contributed by atoms with van der Waals surface area (Å²) in [5.74, 6) is 0. The summed E-state index contributed by atoms with van der Waals surface area (Å²) in [6.45, 7) is 6.84. The van der Waals surface area contributed by atoms with Crippen molar-refractivity contribution in [3.63, 3.8) is 0 Å². The number of unbranched alkanes of at least 4 members (excludes halogenated alkanes) is 12. The molecule has 0 heterocycles. The van der Waals surface area contributed by atoms with Crippen molar-refractivity contribution in [1.82, 2.24) is 0 Å². The van der Waals surface area contributed by atoms with E-state index in [2.05, 4.69) is 51.1 Å². The molecule has 0 aliphatic rings. The highest BCUT2D eigenvalue weighted by Gasteiger charge is 2.17. The zero-order chi connectivity index (χ0) is 22.3. The van der Waals surface area contributed by atoms with E-state index in [0.717, 1.165) is 19.3 Å². The lowest BCUT2D eigenvalue weighted by Crippen LogP contribution is -2.14. The second-order valence-electron chi connectivity index (χ2n) is 9.49. The topological polar surface area (TPSA) is 57.5 Å². The van der Waals surface area contributed by atoms with Crippen molar-refractivity contribution < 1.29 is 5.48 Å². The lowest BCUT2D eigenvalue weighted by atomic mass is 9.86. The van der Waals surface area contributed by atoms with Gasteiger partial charge in [0.1, 0.15) is 0 Å². The van der Waals surface area contributed by atoms with Crippen molar-refractivity contribution in [3.8, 4) is 0 Å². The first-order valence-corrected chi connectivity index (χ1v) is 13.5. The van der Waals surface area contributed by atoms with E-state index < -0.39 is 0 Å². The zero-order valence-electron chi connectivity index (χ0n) is 21.4. The zero-order valence-corrected chi connectivity index (χ0v) is 21.4. The van der Waals surface area contributed by atoms with Crippen LogP contribution in [0.4, 0.5) is 0 Å². The molecule has 0 saturated carbocycles. The van der Waals surface area contributed by atoms with Gasteiger partial charge in [0.25, 0.3) is 0 Å². The smallest absolute Gasteiger partial charge is 0.0303 e. The first-order chi connectivity index (χ1) is 15.2. The molecule has 0 aromatic heterocycles. The van der Waals surface area contributed by atoms with Gasteiger partial charge in [-0.1, -0.05) is 135 Å². The Morgan fingerprint density at radius 1 is 0.688 bits per heavy atom. The highest BCUT2D eigenvalue weighted by atomic mass is 16.0. The lowest BCUT2D eigenvalue weighted by molar-refractivity contribution is 0.522. The maximum absolute atomic E-state index is 6.80. The molecule has 1 unspecified atom stereocenters. The molecular weight excluding hydrogens is 390 g/mol. The number of hydrogen-bond acceptors (Lipinski definition) is 1. The van der Waals surface area contributed by atoms with Crippen LogP contribution in [0, 0.1) is 0 Å². The van der Waals surface area contributed by atoms with Crippen LogP contribution in [-0.4, -0.2) is 5.48 Å². The van der Waals surface area contributed by atoms with Gasteiger partial charge >= 0.3 is 0 Å². The molecule has 0 fully saturated rings. The van der Waals surface area contributed by atoms with Gasteiger partial charge in [0, 0.05) is 6.04 Å². The Balaban J connectivity index is 0.00000512. The molecule has 0 bridgehead atoms. The van der Waals surface area contributed by atoms with Crippen molar-refractivity contribution in [2.45, 2.75) is 130 Å². The average molecular weight is 442 g/mol. The summed E-state index contributed by atoms with van der Waals surface area (Å²) >= 11 is 0. The van der Waals surface area contributed by atoms with Gasteiger partial charge in [-0.25, -0.2) is 0 Å². The average Bonchev–Trinajstić information content (AvgIpc) is 2.80. The third-order valence-corrected chi connectivity index (χ3v) is 7.02. The molecule has 2 rings (SSSR count). The van der Waals surface area contributed by atoms with E-state index in [4.69, 9.17) is 5.73 Å². The molecule has 0 spiro atoms. The number of rotatable bonds is 17. The fraction of sp³-hybridized carbons (Fsp3) is 0.667. The monoisotopic (exact) mass is 441 g/mol. The van der Waals surface area contributed by atoms with Crippen LogP contribution in [-0.2, 0) is 12.8 Å². The van der Waals surface area contributed by atoms with Gasteiger partial charge in [-0.15, -0.1) is 0 Å². The second-order valence-corrected chi connectivity index (χ2v) is 9.49. The van der Waals surface area contributed by atoms with E-state index in [1.807, 2.05) is 0 Å². The van der Waals surface area contributed by atoms with Gasteiger partial charge in [-0.05, 0) is 46.7 Å². The SMILES string of the molecule is CCCCCCCCCCCCCCCC(N)c1c(CC)c(CC)cc2ccccc12.O. The van der Waals surface area contributed by atoms with Crippen LogP contribution in [0.25, 0.3) is 10.8 Å². The Hall–Kier alpha value is -1.38. The standard InChI is InChI=1S/C30H49N.H2O/c1-4-7-8-9-10-11-12-13-14-15-16-17-18-23-29(31)30-27(6-3)25(5-2)24-26-21-19-20-22-28(26)30;/h19-22,24,29H,4-18,23,31H2,1-3H3;1H2. The molecule has 0 saturated heterocycles. The molecule has 2 aromatic rings. The third kappa shape index (κ3) is 9.24. The number of aryl methyl sites for hydroxylation is 1. The maximum Gasteiger partial charge on any atom is 0.0303 e. The summed E-state index contributed by atoms with van der Waals surface area (Å²) in [5.41, 5.74) is 11.2. The number of nitrogens with two attached hydrogens (primary N) is 1. The molecule has 0 amide bonds. The van der Waals surface area contributed by atoms with Crippen LogP contribution in [0.2, 0.25) is 0 Å². The van der Waals surface area contributed by atoms with E-state index in [1.165, 1.54) is 111 Å². The summed E-state index contributed by atoms with van der Waals surface area (Å²) in [4.78, 5) is 0. The largest absolute Gasteiger partial charge is 0.412 e. The molecule has 2 nitrogen and oxygen atoms in total. The Morgan fingerprint density at radius 3 is 1.75 bits per heavy atom. The summed E-state index contributed by atoms with van der Waals surface area (Å²) < 4.78 is 0. The molecule has 1 atom stereocenters. The third-order valence-electron chi connectivity index (χ3n) is 7.02. The molecule has 2 heteroatoms. The van der Waals surface area contributed by atoms with Crippen molar-refractivity contribution in [1.29, 1.82) is 0 Å². The number of hydrogen-bond donors (Lipinski definition) is 1. The van der Waals surface area contributed by atoms with Gasteiger partial charge in [-0.3, -0.25) is 0 Å². The van der Waals surface area contributed by atoms with E-state index in [1.54, 1.807) is 0 Å². The Labute approximate surface area is 198 Å². The Morgan fingerprint density at radius 2 is 1.22 bits per heavy atom. The van der Waals surface area contributed by atoms with Crippen molar-refractivity contribution in [3.05, 3.63) is 47.0 Å². The normalized spacial score (nSPS) is 12.1. The van der Waals surface area contributed by atoms with Crippen LogP contribution in [0.5, 0.6) is 0 Å². The van der Waals surface area contributed by atoms with Gasteiger partial charge in [0.15, 0.2) is 0 Å². The van der Waals surface area contributed by atoms with Crippen LogP contribution in [0.3, 0.4) is 0 Å². The molecule has 32 heavy (non-hydrogen) atoms. The maximum atomic E-state index is 6.80. The quantitative estimate of drug-likeness (QED) is 0.245. The Bertz CT molecular complexity index is 739. The van der Waals surface area contributed by atoms with Crippen LogP contribution >= 0.6 is 0 Å². The van der Waals surface area contributed by atoms with Gasteiger partial charge in [-0.2, -0.15) is 0 Å². The summed E-state index contributed by atoms with van der Waals surface area (Å²) in [5, 5.41) is 2.73. The fourth-order valence-corrected chi connectivity index (χ4v) is 5.16. The summed E-state index contributed by atoms with van der Waals surface area (Å²) in [7, 11) is 0. The van der Waals surface area contributed by atoms with Crippen molar-refractivity contribution in [2.75, 3.05) is 0 Å². The van der Waals surface area contributed by atoms with E-state index in [9.17, 15) is 0 Å². The first-order valence-electron chi connectivity index (χ1n) is 13.5.